The largest absolute Gasteiger partial charge is 0.0622 e. The van der Waals surface area contributed by atoms with Crippen molar-refractivity contribution in [2.75, 3.05) is 0 Å². The third-order valence-electron chi connectivity index (χ3n) is 6.64. The Morgan fingerprint density at radius 2 is 1.16 bits per heavy atom. The quantitative estimate of drug-likeness (QED) is 0.144. The molecule has 0 aliphatic carbocycles. The summed E-state index contributed by atoms with van der Waals surface area (Å²) >= 11 is -0.346. The van der Waals surface area contributed by atoms with E-state index in [1.807, 2.05) is 67.1 Å². The van der Waals surface area contributed by atoms with Gasteiger partial charge in [0.2, 0.25) is 0 Å². The number of aryl methyl sites for hydroxylation is 2. The molecule has 0 bridgehead atoms. The Morgan fingerprint density at radius 3 is 1.66 bits per heavy atom. The summed E-state index contributed by atoms with van der Waals surface area (Å²) < 4.78 is 1.85. The first kappa shape index (κ1) is 31.8. The smallest absolute Gasteiger partial charge is 0.0134 e. The second-order valence-corrected chi connectivity index (χ2v) is 14.6. The fourth-order valence-electron chi connectivity index (χ4n) is 4.79. The molecule has 3 heterocycles. The SMILES string of the molecule is Cc1cc(C)n(-c2cccc(-c3nc4ccccc4[nH]3)n2)n1.[Cl][Ru][Cl].c1ccc(P(c2ccccc2)c2ccccc2)cc1. The molecule has 222 valence electrons. The van der Waals surface area contributed by atoms with Gasteiger partial charge in [0.1, 0.15) is 5.69 Å². The number of hydrogen-bond donors (Lipinski definition) is 1. The van der Waals surface area contributed by atoms with Crippen LogP contribution in [0.25, 0.3) is 28.4 Å². The first-order valence-electron chi connectivity index (χ1n) is 13.8. The van der Waals surface area contributed by atoms with Crippen LogP contribution in [-0.4, -0.2) is 24.7 Å². The number of rotatable bonds is 5. The van der Waals surface area contributed by atoms with Crippen molar-refractivity contribution in [3.8, 4) is 17.3 Å². The van der Waals surface area contributed by atoms with Crippen molar-refractivity contribution < 1.29 is 15.1 Å². The zero-order valence-electron chi connectivity index (χ0n) is 24.1. The molecule has 0 radical (unpaired) electrons. The van der Waals surface area contributed by atoms with Crippen LogP contribution >= 0.6 is 27.3 Å². The Balaban J connectivity index is 0.000000162. The summed E-state index contributed by atoms with van der Waals surface area (Å²) in [7, 11) is 9.26. The molecule has 1 N–H and O–H groups in total. The van der Waals surface area contributed by atoms with E-state index in [-0.39, 0.29) is 15.1 Å². The van der Waals surface area contributed by atoms with Crippen LogP contribution in [0.15, 0.2) is 140 Å². The van der Waals surface area contributed by atoms with Gasteiger partial charge in [-0.3, -0.25) is 0 Å². The molecular weight excluding hydrogens is 693 g/mol. The van der Waals surface area contributed by atoms with Crippen LogP contribution in [0.3, 0.4) is 0 Å². The molecule has 0 amide bonds. The molecule has 44 heavy (non-hydrogen) atoms. The number of hydrogen-bond acceptors (Lipinski definition) is 3. The minimum atomic E-state index is -0.446. The van der Waals surface area contributed by atoms with Crippen LogP contribution in [0, 0.1) is 13.8 Å². The molecule has 4 aromatic carbocycles. The van der Waals surface area contributed by atoms with Crippen LogP contribution < -0.4 is 15.9 Å². The van der Waals surface area contributed by atoms with Gasteiger partial charge in [0.05, 0.1) is 16.7 Å². The van der Waals surface area contributed by atoms with Crippen molar-refractivity contribution in [1.82, 2.24) is 24.7 Å². The molecule has 0 aliphatic heterocycles. The number of aromatic amines is 1. The maximum absolute atomic E-state index is 4.85. The van der Waals surface area contributed by atoms with Gasteiger partial charge in [-0.1, -0.05) is 109 Å². The number of para-hydroxylation sites is 2. The number of imidazole rings is 1. The van der Waals surface area contributed by atoms with E-state index < -0.39 is 7.92 Å². The Labute approximate surface area is 274 Å². The summed E-state index contributed by atoms with van der Waals surface area (Å²) in [5.41, 5.74) is 4.80. The number of fused-ring (bicyclic) bond motifs is 1. The van der Waals surface area contributed by atoms with Crippen LogP contribution in [0.2, 0.25) is 0 Å². The molecule has 7 rings (SSSR count). The molecule has 0 atom stereocenters. The summed E-state index contributed by atoms with van der Waals surface area (Å²) in [5.74, 6) is 1.56. The van der Waals surface area contributed by atoms with Gasteiger partial charge in [0.25, 0.3) is 0 Å². The maximum atomic E-state index is 4.85. The van der Waals surface area contributed by atoms with E-state index in [1.54, 1.807) is 0 Å². The number of halogens is 2. The van der Waals surface area contributed by atoms with Gasteiger partial charge in [0.15, 0.2) is 11.6 Å². The average Bonchev–Trinajstić information content (AvgIpc) is 3.66. The minimum absolute atomic E-state index is 0.346. The molecule has 0 saturated heterocycles. The van der Waals surface area contributed by atoms with E-state index in [0.717, 1.165) is 39.8 Å². The minimum Gasteiger partial charge on any atom is -0.0622 e. The van der Waals surface area contributed by atoms with Gasteiger partial charge in [-0.15, -0.1) is 0 Å². The van der Waals surface area contributed by atoms with Crippen molar-refractivity contribution in [3.05, 3.63) is 151 Å². The standard InChI is InChI=1S/C18H15P.C17H15N5.2ClH.Ru/c1-4-10-16(11-5-1)19(17-12-6-2-7-13-17)18-14-8-3-9-15-18;1-11-10-12(2)22(21-11)16-9-5-8-15(18-16)17-19-13-6-3-4-7-14(13)20-17;;;/h1-15H;3-10H,1-2H3,(H,19,20);2*1H;/q;;;;+2/p-2. The summed E-state index contributed by atoms with van der Waals surface area (Å²) in [5, 5.41) is 8.68. The zero-order chi connectivity index (χ0) is 30.7. The first-order valence-corrected chi connectivity index (χ1v) is 19.7. The number of benzene rings is 4. The first-order chi connectivity index (χ1) is 21.6. The predicted octanol–water partition coefficient (Wildman–Crippen LogP) is 8.25. The third-order valence-corrected chi connectivity index (χ3v) is 9.08. The maximum Gasteiger partial charge on any atom is -0.0134 e. The molecule has 0 unspecified atom stereocenters. The molecular formula is C35H30Cl2N5PRu. The van der Waals surface area contributed by atoms with Gasteiger partial charge in [0, 0.05) is 5.69 Å². The Hall–Kier alpha value is -3.66. The van der Waals surface area contributed by atoms with Gasteiger partial charge in [-0.2, -0.15) is 5.10 Å². The Bertz CT molecular complexity index is 1770. The zero-order valence-corrected chi connectivity index (χ0v) is 28.3. The Kier molecular flexibility index (Phi) is 11.5. The third kappa shape index (κ3) is 8.08. The summed E-state index contributed by atoms with van der Waals surface area (Å²) in [6.45, 7) is 4.00. The van der Waals surface area contributed by atoms with E-state index in [9.17, 15) is 0 Å². The van der Waals surface area contributed by atoms with Crippen molar-refractivity contribution in [3.63, 3.8) is 0 Å². The second kappa shape index (κ2) is 15.9. The van der Waals surface area contributed by atoms with E-state index in [0.29, 0.717) is 0 Å². The molecule has 0 aliphatic rings. The van der Waals surface area contributed by atoms with Crippen LogP contribution in [-0.2, 0) is 15.1 Å². The molecule has 3 aromatic heterocycles. The van der Waals surface area contributed by atoms with Crippen molar-refractivity contribution in [2.45, 2.75) is 13.8 Å². The average molecular weight is 724 g/mol. The van der Waals surface area contributed by atoms with Gasteiger partial charge in [-0.05, 0) is 68.0 Å². The fourth-order valence-corrected chi connectivity index (χ4v) is 7.09. The van der Waals surface area contributed by atoms with Crippen molar-refractivity contribution >= 4 is 54.3 Å². The molecule has 7 aromatic rings. The van der Waals surface area contributed by atoms with Gasteiger partial charge < -0.3 is 4.98 Å². The van der Waals surface area contributed by atoms with E-state index >= 15 is 0 Å². The molecule has 5 nitrogen and oxygen atoms in total. The summed E-state index contributed by atoms with van der Waals surface area (Å²) in [6.07, 6.45) is 0. The predicted molar refractivity (Wildman–Crippen MR) is 183 cm³/mol. The number of pyridine rings is 1. The van der Waals surface area contributed by atoms with Crippen LogP contribution in [0.1, 0.15) is 11.4 Å². The normalized spacial score (nSPS) is 10.7. The number of H-pyrrole nitrogens is 1. The monoisotopic (exact) mass is 723 g/mol. The second-order valence-electron chi connectivity index (χ2n) is 9.72. The number of nitrogens with zero attached hydrogens (tertiary/aromatic N) is 4. The van der Waals surface area contributed by atoms with Crippen LogP contribution in [0.4, 0.5) is 0 Å². The fraction of sp³-hybridized carbons (Fsp3) is 0.0571. The Morgan fingerprint density at radius 1 is 0.636 bits per heavy atom. The number of aromatic nitrogens is 5. The van der Waals surface area contributed by atoms with E-state index in [1.165, 1.54) is 15.9 Å². The van der Waals surface area contributed by atoms with Crippen LogP contribution in [0.5, 0.6) is 0 Å². The van der Waals surface area contributed by atoms with Crippen molar-refractivity contribution in [1.29, 1.82) is 0 Å². The summed E-state index contributed by atoms with van der Waals surface area (Å²) in [4.78, 5) is 12.6. The van der Waals surface area contributed by atoms with Crippen molar-refractivity contribution in [2.24, 2.45) is 0 Å². The summed E-state index contributed by atoms with van der Waals surface area (Å²) in [6, 6.07) is 48.2. The molecule has 9 heteroatoms. The van der Waals surface area contributed by atoms with Gasteiger partial charge >= 0.3 is 34.5 Å². The van der Waals surface area contributed by atoms with E-state index in [2.05, 4.69) is 111 Å². The molecule has 0 saturated carbocycles. The topological polar surface area (TPSA) is 59.4 Å². The van der Waals surface area contributed by atoms with E-state index in [4.69, 9.17) is 19.4 Å². The molecule has 0 spiro atoms. The number of nitrogens with one attached hydrogen (secondary N) is 1. The molecule has 0 fully saturated rings. The van der Waals surface area contributed by atoms with Gasteiger partial charge in [-0.25, -0.2) is 14.6 Å².